The fraction of sp³-hybridized carbons (Fsp3) is 0.182. The number of sulfonamides is 1. The number of carbonyl (C=O) groups is 1. The summed E-state index contributed by atoms with van der Waals surface area (Å²) in [6.07, 6.45) is 2.53. The minimum atomic E-state index is -4.05. The lowest BCUT2D eigenvalue weighted by Crippen LogP contribution is -2.18. The number of hydrogen-bond acceptors (Lipinski definition) is 6. The number of pyridine rings is 1. The molecule has 10 heteroatoms. The van der Waals surface area contributed by atoms with Crippen molar-refractivity contribution in [2.45, 2.75) is 11.9 Å². The molecule has 0 aliphatic rings. The van der Waals surface area contributed by atoms with Gasteiger partial charge in [-0.05, 0) is 35.0 Å². The molecular weight excluding hydrogens is 364 g/mol. The number of hydrogen-bond donors (Lipinski definition) is 2. The number of rotatable bonds is 5. The van der Waals surface area contributed by atoms with Crippen molar-refractivity contribution in [2.75, 3.05) is 11.3 Å². The summed E-state index contributed by atoms with van der Waals surface area (Å²) in [5, 5.41) is 5.48. The van der Waals surface area contributed by atoms with Gasteiger partial charge in [-0.2, -0.15) is 13.5 Å². The number of halogens is 1. The van der Waals surface area contributed by atoms with Gasteiger partial charge < -0.3 is 4.74 Å². The second-order valence-electron chi connectivity index (χ2n) is 3.77. The molecule has 0 unspecified atom stereocenters. The van der Waals surface area contributed by atoms with Gasteiger partial charge in [0, 0.05) is 6.20 Å². The Kier molecular flexibility index (Phi) is 4.58. The van der Waals surface area contributed by atoms with Gasteiger partial charge in [0.15, 0.2) is 10.8 Å². The number of aromatic amines is 1. The van der Waals surface area contributed by atoms with Crippen LogP contribution in [0, 0.1) is 0 Å². The van der Waals surface area contributed by atoms with Crippen LogP contribution in [0.1, 0.15) is 17.3 Å². The van der Waals surface area contributed by atoms with Crippen LogP contribution in [0.5, 0.6) is 0 Å². The van der Waals surface area contributed by atoms with E-state index in [9.17, 15) is 13.2 Å². The fourth-order valence-corrected chi connectivity index (χ4v) is 3.08. The highest BCUT2D eigenvalue weighted by Gasteiger charge is 2.26. The lowest BCUT2D eigenvalue weighted by atomic mass is 10.4. The molecule has 2 aromatic heterocycles. The van der Waals surface area contributed by atoms with E-state index in [-0.39, 0.29) is 23.0 Å². The summed E-state index contributed by atoms with van der Waals surface area (Å²) in [6, 6.07) is 3.27. The predicted molar refractivity (Wildman–Crippen MR) is 77.3 cm³/mol. The molecule has 0 amide bonds. The number of carbonyl (C=O) groups excluding carboxylic acids is 1. The fourth-order valence-electron chi connectivity index (χ4n) is 1.47. The Hall–Kier alpha value is -1.94. The second kappa shape index (κ2) is 6.22. The average molecular weight is 375 g/mol. The second-order valence-corrected chi connectivity index (χ2v) is 6.25. The van der Waals surface area contributed by atoms with Crippen molar-refractivity contribution in [2.24, 2.45) is 0 Å². The molecule has 0 radical (unpaired) electrons. The predicted octanol–water partition coefficient (Wildman–Crippen LogP) is 1.54. The lowest BCUT2D eigenvalue weighted by molar-refractivity contribution is 0.0522. The zero-order chi connectivity index (χ0) is 15.5. The Balaban J connectivity index is 2.35. The van der Waals surface area contributed by atoms with Crippen LogP contribution in [0.4, 0.5) is 5.82 Å². The van der Waals surface area contributed by atoms with Gasteiger partial charge in [0.1, 0.15) is 5.56 Å². The highest BCUT2D eigenvalue weighted by atomic mass is 79.9. The molecule has 0 fully saturated rings. The highest BCUT2D eigenvalue weighted by molar-refractivity contribution is 9.10. The number of anilines is 1. The molecule has 0 bridgehead atoms. The third-order valence-corrected chi connectivity index (χ3v) is 4.31. The lowest BCUT2D eigenvalue weighted by Gasteiger charge is -2.08. The summed E-state index contributed by atoms with van der Waals surface area (Å²) >= 11 is 3.18. The first-order valence-electron chi connectivity index (χ1n) is 5.79. The van der Waals surface area contributed by atoms with Crippen LogP contribution < -0.4 is 4.72 Å². The molecule has 8 nitrogen and oxygen atoms in total. The van der Waals surface area contributed by atoms with Crippen LogP contribution >= 0.6 is 15.9 Å². The number of nitrogens with zero attached hydrogens (tertiary/aromatic N) is 2. The van der Waals surface area contributed by atoms with Crippen molar-refractivity contribution >= 4 is 37.7 Å². The first kappa shape index (κ1) is 15.4. The first-order chi connectivity index (χ1) is 9.95. The number of aromatic nitrogens is 3. The van der Waals surface area contributed by atoms with E-state index < -0.39 is 16.0 Å². The summed E-state index contributed by atoms with van der Waals surface area (Å²) < 4.78 is 32.1. The van der Waals surface area contributed by atoms with E-state index in [1.807, 2.05) is 0 Å². The van der Waals surface area contributed by atoms with Crippen molar-refractivity contribution in [3.8, 4) is 0 Å². The van der Waals surface area contributed by atoms with Crippen LogP contribution in [-0.2, 0) is 14.8 Å². The van der Waals surface area contributed by atoms with E-state index in [0.717, 1.165) is 6.20 Å². The summed E-state index contributed by atoms with van der Waals surface area (Å²) in [7, 11) is -4.05. The average Bonchev–Trinajstić information content (AvgIpc) is 2.92. The van der Waals surface area contributed by atoms with Crippen LogP contribution in [0.15, 0.2) is 34.0 Å². The van der Waals surface area contributed by atoms with E-state index in [4.69, 9.17) is 4.74 Å². The monoisotopic (exact) mass is 374 g/mol. The zero-order valence-electron chi connectivity index (χ0n) is 10.8. The van der Waals surface area contributed by atoms with Crippen LogP contribution in [0.2, 0.25) is 0 Å². The van der Waals surface area contributed by atoms with E-state index in [0.29, 0.717) is 4.47 Å². The van der Waals surface area contributed by atoms with E-state index in [2.05, 4.69) is 35.8 Å². The van der Waals surface area contributed by atoms with Crippen molar-refractivity contribution in [1.29, 1.82) is 0 Å². The minimum Gasteiger partial charge on any atom is -0.462 e. The first-order valence-corrected chi connectivity index (χ1v) is 8.07. The van der Waals surface area contributed by atoms with Gasteiger partial charge >= 0.3 is 5.97 Å². The maximum Gasteiger partial charge on any atom is 0.342 e. The number of ether oxygens (including phenoxy) is 1. The standard InChI is InChI=1S/C11H11BrN4O4S/c1-2-20-11(17)7-6-14-15-10(7)21(18,19)16-9-8(12)4-3-5-13-9/h3-6H,2H2,1H3,(H,13,16)(H,14,15). The third kappa shape index (κ3) is 3.39. The summed E-state index contributed by atoms with van der Waals surface area (Å²) in [4.78, 5) is 15.6. The molecule has 0 saturated heterocycles. The number of esters is 1. The van der Waals surface area contributed by atoms with Gasteiger partial charge in [-0.1, -0.05) is 0 Å². The largest absolute Gasteiger partial charge is 0.462 e. The zero-order valence-corrected chi connectivity index (χ0v) is 13.2. The van der Waals surface area contributed by atoms with Gasteiger partial charge in [0.2, 0.25) is 0 Å². The van der Waals surface area contributed by atoms with E-state index in [1.165, 1.54) is 6.20 Å². The van der Waals surface area contributed by atoms with Crippen LogP contribution in [0.3, 0.4) is 0 Å². The molecule has 2 rings (SSSR count). The maximum atomic E-state index is 12.3. The Morgan fingerprint density at radius 3 is 2.95 bits per heavy atom. The molecule has 0 aliphatic heterocycles. The van der Waals surface area contributed by atoms with Crippen molar-refractivity contribution < 1.29 is 17.9 Å². The molecule has 0 atom stereocenters. The molecule has 0 aliphatic carbocycles. The van der Waals surface area contributed by atoms with E-state index >= 15 is 0 Å². The Morgan fingerprint density at radius 1 is 1.52 bits per heavy atom. The molecule has 0 aromatic carbocycles. The van der Waals surface area contributed by atoms with Crippen molar-refractivity contribution in [3.63, 3.8) is 0 Å². The topological polar surface area (TPSA) is 114 Å². The molecular formula is C11H11BrN4O4S. The number of nitrogens with one attached hydrogen (secondary N) is 2. The molecule has 2 aromatic rings. The summed E-state index contributed by atoms with van der Waals surface area (Å²) in [5.41, 5.74) is -0.170. The normalized spacial score (nSPS) is 11.1. The van der Waals surface area contributed by atoms with E-state index in [1.54, 1.807) is 19.1 Å². The molecule has 0 saturated carbocycles. The number of H-pyrrole nitrogens is 1. The van der Waals surface area contributed by atoms with Crippen LogP contribution in [0.25, 0.3) is 0 Å². The van der Waals surface area contributed by atoms with Crippen molar-refractivity contribution in [3.05, 3.63) is 34.6 Å². The third-order valence-electron chi connectivity index (χ3n) is 2.36. The van der Waals surface area contributed by atoms with Gasteiger partial charge in [-0.15, -0.1) is 0 Å². The molecule has 0 spiro atoms. The Morgan fingerprint density at radius 2 is 2.29 bits per heavy atom. The van der Waals surface area contributed by atoms with Gasteiger partial charge in [-0.3, -0.25) is 9.82 Å². The summed E-state index contributed by atoms with van der Waals surface area (Å²) in [5.74, 6) is -0.673. The quantitative estimate of drug-likeness (QED) is 0.767. The maximum absolute atomic E-state index is 12.3. The molecule has 21 heavy (non-hydrogen) atoms. The molecule has 2 N–H and O–H groups in total. The van der Waals surface area contributed by atoms with Crippen LogP contribution in [-0.4, -0.2) is 36.2 Å². The molecule has 112 valence electrons. The van der Waals surface area contributed by atoms with Gasteiger partial charge in [-0.25, -0.2) is 9.78 Å². The Labute approximate surface area is 129 Å². The minimum absolute atomic E-state index is 0.0990. The van der Waals surface area contributed by atoms with Gasteiger partial charge in [0.05, 0.1) is 17.3 Å². The molecule has 2 heterocycles. The SMILES string of the molecule is CCOC(=O)c1cn[nH]c1S(=O)(=O)Nc1ncccc1Br. The summed E-state index contributed by atoms with van der Waals surface area (Å²) in [6.45, 7) is 1.75. The van der Waals surface area contributed by atoms with Crippen molar-refractivity contribution in [1.82, 2.24) is 15.2 Å². The highest BCUT2D eigenvalue weighted by Crippen LogP contribution is 2.22. The van der Waals surface area contributed by atoms with Gasteiger partial charge in [0.25, 0.3) is 10.0 Å². The Bertz CT molecular complexity index is 759. The smallest absolute Gasteiger partial charge is 0.342 e.